The van der Waals surface area contributed by atoms with Gasteiger partial charge >= 0.3 is 6.03 Å². The number of rotatable bonds is 3. The van der Waals surface area contributed by atoms with Crippen molar-refractivity contribution >= 4 is 34.6 Å². The van der Waals surface area contributed by atoms with Crippen LogP contribution in [-0.2, 0) is 29.0 Å². The highest BCUT2D eigenvalue weighted by atomic mass is 16.2. The highest BCUT2D eigenvalue weighted by molar-refractivity contribution is 6.07. The predicted molar refractivity (Wildman–Crippen MR) is 106 cm³/mol. The molecule has 1 saturated heterocycles. The standard InChI is InChI=1S/C21H19N5O3/c27-18(11-26-12-22-16-3-1-2-4-17(16)26)23-15-6-5-14-10-21(8-7-13(14)9-15)19(28)24-20(29)25-21/h1-6,9,12H,7-8,10-11H2,(H,23,27)(H2,24,25,28,29). The SMILES string of the molecule is O=C(Cn1cnc2ccccc21)Nc1ccc2c(c1)CCC1(C2)NC(=O)NC1=O. The molecule has 146 valence electrons. The number of carbonyl (C=O) groups excluding carboxylic acids is 3. The van der Waals surface area contributed by atoms with Gasteiger partial charge in [-0.25, -0.2) is 9.78 Å². The van der Waals surface area contributed by atoms with Gasteiger partial charge in [0.05, 0.1) is 17.4 Å². The number of carbonyl (C=O) groups is 3. The number of imide groups is 1. The van der Waals surface area contributed by atoms with Crippen molar-refractivity contribution < 1.29 is 14.4 Å². The molecule has 4 amide bonds. The Labute approximate surface area is 166 Å². The summed E-state index contributed by atoms with van der Waals surface area (Å²) in [5.41, 5.74) is 3.72. The van der Waals surface area contributed by atoms with E-state index < -0.39 is 11.6 Å². The van der Waals surface area contributed by atoms with E-state index in [1.807, 2.05) is 47.0 Å². The zero-order valence-electron chi connectivity index (χ0n) is 15.6. The molecule has 8 heteroatoms. The number of aromatic nitrogens is 2. The Morgan fingerprint density at radius 3 is 2.86 bits per heavy atom. The monoisotopic (exact) mass is 389 g/mol. The fourth-order valence-corrected chi connectivity index (χ4v) is 4.19. The van der Waals surface area contributed by atoms with E-state index in [-0.39, 0.29) is 18.4 Å². The van der Waals surface area contributed by atoms with Crippen molar-refractivity contribution in [3.63, 3.8) is 0 Å². The van der Waals surface area contributed by atoms with Crippen molar-refractivity contribution in [3.8, 4) is 0 Å². The molecule has 29 heavy (non-hydrogen) atoms. The second kappa shape index (κ2) is 6.44. The first-order chi connectivity index (χ1) is 14.0. The van der Waals surface area contributed by atoms with Crippen molar-refractivity contribution in [1.29, 1.82) is 0 Å². The number of hydrogen-bond donors (Lipinski definition) is 3. The molecular formula is C21H19N5O3. The van der Waals surface area contributed by atoms with Gasteiger partial charge in [0, 0.05) is 12.1 Å². The number of nitrogens with one attached hydrogen (secondary N) is 3. The molecule has 0 radical (unpaired) electrons. The van der Waals surface area contributed by atoms with E-state index >= 15 is 0 Å². The summed E-state index contributed by atoms with van der Waals surface area (Å²) < 4.78 is 1.81. The number of anilines is 1. The van der Waals surface area contributed by atoms with Gasteiger partial charge in [0.1, 0.15) is 12.1 Å². The van der Waals surface area contributed by atoms with E-state index in [1.54, 1.807) is 6.33 Å². The zero-order chi connectivity index (χ0) is 20.0. The summed E-state index contributed by atoms with van der Waals surface area (Å²) in [6, 6.07) is 12.9. The Bertz CT molecular complexity index is 1170. The maximum Gasteiger partial charge on any atom is 0.322 e. The third-order valence-corrected chi connectivity index (χ3v) is 5.66. The van der Waals surface area contributed by atoms with Crippen LogP contribution in [0.25, 0.3) is 11.0 Å². The van der Waals surface area contributed by atoms with Crippen molar-refractivity contribution in [2.45, 2.75) is 31.3 Å². The minimum absolute atomic E-state index is 0.136. The molecule has 2 aliphatic rings. The Kier molecular flexibility index (Phi) is 3.87. The van der Waals surface area contributed by atoms with Gasteiger partial charge in [-0.15, -0.1) is 0 Å². The molecule has 1 unspecified atom stereocenters. The van der Waals surface area contributed by atoms with Crippen LogP contribution in [-0.4, -0.2) is 32.9 Å². The maximum absolute atomic E-state index is 12.5. The van der Waals surface area contributed by atoms with E-state index in [0.29, 0.717) is 24.9 Å². The van der Waals surface area contributed by atoms with Gasteiger partial charge in [-0.3, -0.25) is 14.9 Å². The Balaban J connectivity index is 1.30. The van der Waals surface area contributed by atoms with Gasteiger partial charge in [0.2, 0.25) is 5.91 Å². The number of amides is 4. The summed E-state index contributed by atoms with van der Waals surface area (Å²) in [5.74, 6) is -0.402. The van der Waals surface area contributed by atoms with Crippen LogP contribution in [0.3, 0.4) is 0 Å². The third-order valence-electron chi connectivity index (χ3n) is 5.66. The predicted octanol–water partition coefficient (Wildman–Crippen LogP) is 1.74. The topological polar surface area (TPSA) is 105 Å². The van der Waals surface area contributed by atoms with Crippen molar-refractivity contribution in [2.75, 3.05) is 5.32 Å². The molecule has 1 fully saturated rings. The molecule has 2 aromatic carbocycles. The molecule has 8 nitrogen and oxygen atoms in total. The lowest BCUT2D eigenvalue weighted by Gasteiger charge is -2.32. The van der Waals surface area contributed by atoms with Gasteiger partial charge in [0.25, 0.3) is 5.91 Å². The molecule has 1 spiro atoms. The molecule has 1 aromatic heterocycles. The summed E-state index contributed by atoms with van der Waals surface area (Å²) in [6.07, 6.45) is 3.31. The van der Waals surface area contributed by atoms with Crippen LogP contribution in [0.5, 0.6) is 0 Å². The first-order valence-corrected chi connectivity index (χ1v) is 9.48. The van der Waals surface area contributed by atoms with Crippen LogP contribution in [0, 0.1) is 0 Å². The molecule has 5 rings (SSSR count). The van der Waals surface area contributed by atoms with Crippen molar-refractivity contribution in [2.24, 2.45) is 0 Å². The molecule has 3 N–H and O–H groups in total. The molecular weight excluding hydrogens is 370 g/mol. The van der Waals surface area contributed by atoms with Gasteiger partial charge in [-0.05, 0) is 48.2 Å². The smallest absolute Gasteiger partial charge is 0.322 e. The maximum atomic E-state index is 12.5. The van der Waals surface area contributed by atoms with Crippen LogP contribution in [0.1, 0.15) is 17.5 Å². The second-order valence-corrected chi connectivity index (χ2v) is 7.56. The average Bonchev–Trinajstić information content (AvgIpc) is 3.22. The number of hydrogen-bond acceptors (Lipinski definition) is 4. The van der Waals surface area contributed by atoms with Crippen LogP contribution in [0.4, 0.5) is 10.5 Å². The van der Waals surface area contributed by atoms with E-state index in [1.165, 1.54) is 0 Å². The highest BCUT2D eigenvalue weighted by Crippen LogP contribution is 2.32. The van der Waals surface area contributed by atoms with Gasteiger partial charge in [-0.2, -0.15) is 0 Å². The third kappa shape index (κ3) is 3.02. The first-order valence-electron chi connectivity index (χ1n) is 9.48. The number of para-hydroxylation sites is 2. The van der Waals surface area contributed by atoms with Crippen molar-refractivity contribution in [3.05, 3.63) is 59.9 Å². The average molecular weight is 389 g/mol. The van der Waals surface area contributed by atoms with E-state index in [0.717, 1.165) is 22.2 Å². The molecule has 1 aliphatic carbocycles. The summed E-state index contributed by atoms with van der Waals surface area (Å²) in [6.45, 7) is 0.174. The fraction of sp³-hybridized carbons (Fsp3) is 0.238. The van der Waals surface area contributed by atoms with Crippen LogP contribution >= 0.6 is 0 Å². The van der Waals surface area contributed by atoms with Crippen LogP contribution in [0.2, 0.25) is 0 Å². The van der Waals surface area contributed by atoms with Crippen molar-refractivity contribution in [1.82, 2.24) is 20.2 Å². The summed E-state index contributed by atoms with van der Waals surface area (Å²) in [4.78, 5) is 40.5. The minimum atomic E-state index is -0.850. The summed E-state index contributed by atoms with van der Waals surface area (Å²) >= 11 is 0. The Hall–Kier alpha value is -3.68. The lowest BCUT2D eigenvalue weighted by molar-refractivity contribution is -0.124. The quantitative estimate of drug-likeness (QED) is 0.594. The van der Waals surface area contributed by atoms with Crippen LogP contribution < -0.4 is 16.0 Å². The number of benzene rings is 2. The first kappa shape index (κ1) is 17.4. The zero-order valence-corrected chi connectivity index (χ0v) is 15.6. The summed E-state index contributed by atoms with van der Waals surface area (Å²) in [5, 5.41) is 8.03. The van der Waals surface area contributed by atoms with Crippen LogP contribution in [0.15, 0.2) is 48.8 Å². The Morgan fingerprint density at radius 2 is 2.03 bits per heavy atom. The fourth-order valence-electron chi connectivity index (χ4n) is 4.19. The molecule has 2 heterocycles. The van der Waals surface area contributed by atoms with Gasteiger partial charge in [-0.1, -0.05) is 18.2 Å². The molecule has 1 aliphatic heterocycles. The number of aryl methyl sites for hydroxylation is 1. The lowest BCUT2D eigenvalue weighted by atomic mass is 9.78. The Morgan fingerprint density at radius 1 is 1.17 bits per heavy atom. The molecule has 3 aromatic rings. The normalized spacial score (nSPS) is 20.4. The van der Waals surface area contributed by atoms with E-state index in [9.17, 15) is 14.4 Å². The largest absolute Gasteiger partial charge is 0.325 e. The number of urea groups is 1. The molecule has 0 saturated carbocycles. The van der Waals surface area contributed by atoms with Gasteiger partial charge in [0.15, 0.2) is 0 Å². The second-order valence-electron chi connectivity index (χ2n) is 7.56. The summed E-state index contributed by atoms with van der Waals surface area (Å²) in [7, 11) is 0. The highest BCUT2D eigenvalue weighted by Gasteiger charge is 2.47. The van der Waals surface area contributed by atoms with Gasteiger partial charge < -0.3 is 15.2 Å². The number of imidazole rings is 1. The molecule has 0 bridgehead atoms. The van der Waals surface area contributed by atoms with E-state index in [4.69, 9.17) is 0 Å². The van der Waals surface area contributed by atoms with E-state index in [2.05, 4.69) is 20.9 Å². The molecule has 1 atom stereocenters. The lowest BCUT2D eigenvalue weighted by Crippen LogP contribution is -2.51. The minimum Gasteiger partial charge on any atom is -0.325 e. The number of nitrogens with zero attached hydrogens (tertiary/aromatic N) is 2. The number of fused-ring (bicyclic) bond motifs is 2.